The molecule has 6 heteroatoms. The van der Waals surface area contributed by atoms with Gasteiger partial charge in [-0.05, 0) is 28.5 Å². The average molecular weight is 280 g/mol. The van der Waals surface area contributed by atoms with Gasteiger partial charge in [-0.1, -0.05) is 24.3 Å². The summed E-state index contributed by atoms with van der Waals surface area (Å²) in [6, 6.07) is 9.22. The Bertz CT molecular complexity index is 505. The fourth-order valence-electron chi connectivity index (χ4n) is 1.32. The van der Waals surface area contributed by atoms with Gasteiger partial charge < -0.3 is 15.3 Å². The molecule has 0 bridgehead atoms. The molecule has 0 unspecified atom stereocenters. The van der Waals surface area contributed by atoms with Gasteiger partial charge >= 0.3 is 11.9 Å². The Hall–Kier alpha value is -2.34. The second-order valence-electron chi connectivity index (χ2n) is 3.50. The van der Waals surface area contributed by atoms with Crippen molar-refractivity contribution in [3.05, 3.63) is 52.7 Å². The van der Waals surface area contributed by atoms with Gasteiger partial charge in [0, 0.05) is 0 Å². The van der Waals surface area contributed by atoms with Gasteiger partial charge in [-0.2, -0.15) is 11.3 Å². The Morgan fingerprint density at radius 3 is 1.95 bits per heavy atom. The number of hydrogen-bond donors (Lipinski definition) is 3. The molecule has 0 amide bonds. The van der Waals surface area contributed by atoms with Gasteiger partial charge in [-0.15, -0.1) is 0 Å². The Kier molecular flexibility index (Phi) is 5.56. The van der Waals surface area contributed by atoms with Crippen LogP contribution < -0.4 is 0 Å². The van der Waals surface area contributed by atoms with Crippen LogP contribution in [0.25, 0.3) is 0 Å². The van der Waals surface area contributed by atoms with Crippen molar-refractivity contribution in [3.8, 4) is 5.75 Å². The van der Waals surface area contributed by atoms with E-state index in [9.17, 15) is 9.59 Å². The highest BCUT2D eigenvalue weighted by Gasteiger charge is 2.27. The van der Waals surface area contributed by atoms with Gasteiger partial charge in [0.1, 0.15) is 5.75 Å². The monoisotopic (exact) mass is 280 g/mol. The third kappa shape index (κ3) is 4.81. The highest BCUT2D eigenvalue weighted by Crippen LogP contribution is 2.20. The second kappa shape index (κ2) is 7.17. The minimum absolute atomic E-state index is 0.0463. The van der Waals surface area contributed by atoms with Gasteiger partial charge in [0.2, 0.25) is 0 Å². The molecule has 2 aromatic rings. The Labute approximate surface area is 113 Å². The van der Waals surface area contributed by atoms with Crippen LogP contribution >= 0.6 is 11.3 Å². The first-order valence-electron chi connectivity index (χ1n) is 5.24. The summed E-state index contributed by atoms with van der Waals surface area (Å²) in [6.45, 7) is 0. The maximum atomic E-state index is 10.6. The maximum absolute atomic E-state index is 10.6. The van der Waals surface area contributed by atoms with Crippen molar-refractivity contribution in [2.75, 3.05) is 0 Å². The molecule has 0 fully saturated rings. The van der Waals surface area contributed by atoms with Crippen LogP contribution in [0.4, 0.5) is 0 Å². The molecule has 3 N–H and O–H groups in total. The van der Waals surface area contributed by atoms with E-state index in [-0.39, 0.29) is 11.3 Å². The number of phenolic OH excluding ortho intramolecular Hbond substituents is 1. The van der Waals surface area contributed by atoms with E-state index in [1.54, 1.807) is 11.3 Å². The zero-order valence-corrected chi connectivity index (χ0v) is 10.6. The first-order valence-corrected chi connectivity index (χ1v) is 6.18. The zero-order valence-electron chi connectivity index (χ0n) is 9.76. The van der Waals surface area contributed by atoms with E-state index in [0.717, 1.165) is 6.07 Å². The molecule has 1 aromatic heterocycles. The number of hydrogen-bond acceptors (Lipinski definition) is 4. The standard InChI is InChI=1S/C9H8O5.C4H4S/c10-6-3-1-2-5(4-6)7(8(11)12)9(13)14;1-2-4-5-3-1/h1-4,7,10H,(H,11,12)(H,13,14);1-4H. The zero-order chi connectivity index (χ0) is 14.3. The highest BCUT2D eigenvalue weighted by atomic mass is 32.1. The molecular formula is C13H12O5S. The van der Waals surface area contributed by atoms with E-state index in [4.69, 9.17) is 15.3 Å². The van der Waals surface area contributed by atoms with Gasteiger partial charge in [0.05, 0.1) is 0 Å². The van der Waals surface area contributed by atoms with Crippen molar-refractivity contribution < 1.29 is 24.9 Å². The SMILES string of the molecule is O=C(O)C(C(=O)O)c1cccc(O)c1.c1ccsc1. The van der Waals surface area contributed by atoms with Gasteiger partial charge in [0.15, 0.2) is 5.92 Å². The molecule has 2 rings (SSSR count). The molecule has 19 heavy (non-hydrogen) atoms. The average Bonchev–Trinajstić information content (AvgIpc) is 2.86. The number of thiophene rings is 1. The molecule has 5 nitrogen and oxygen atoms in total. The number of carbonyl (C=O) groups is 2. The van der Waals surface area contributed by atoms with Crippen LogP contribution in [-0.2, 0) is 9.59 Å². The largest absolute Gasteiger partial charge is 0.508 e. The van der Waals surface area contributed by atoms with Crippen molar-refractivity contribution >= 4 is 23.3 Å². The predicted molar refractivity (Wildman–Crippen MR) is 70.4 cm³/mol. The molecule has 0 aliphatic rings. The number of aliphatic carboxylic acids is 2. The van der Waals surface area contributed by atoms with Crippen molar-refractivity contribution in [3.63, 3.8) is 0 Å². The molecular weight excluding hydrogens is 268 g/mol. The molecule has 0 spiro atoms. The molecule has 0 aliphatic carbocycles. The summed E-state index contributed by atoms with van der Waals surface area (Å²) in [6.07, 6.45) is 0. The highest BCUT2D eigenvalue weighted by molar-refractivity contribution is 7.07. The van der Waals surface area contributed by atoms with Crippen LogP contribution in [0.3, 0.4) is 0 Å². The van der Waals surface area contributed by atoms with E-state index >= 15 is 0 Å². The van der Waals surface area contributed by atoms with Crippen LogP contribution in [0.1, 0.15) is 11.5 Å². The van der Waals surface area contributed by atoms with Crippen LogP contribution in [0.15, 0.2) is 47.2 Å². The Morgan fingerprint density at radius 2 is 1.58 bits per heavy atom. The molecule has 0 radical (unpaired) electrons. The van der Waals surface area contributed by atoms with Crippen molar-refractivity contribution in [2.45, 2.75) is 5.92 Å². The first-order chi connectivity index (χ1) is 9.02. The Morgan fingerprint density at radius 1 is 1.00 bits per heavy atom. The lowest BCUT2D eigenvalue weighted by molar-refractivity contribution is -0.150. The third-order valence-electron chi connectivity index (χ3n) is 2.12. The number of rotatable bonds is 3. The van der Waals surface area contributed by atoms with Crippen LogP contribution in [0.5, 0.6) is 5.75 Å². The van der Waals surface area contributed by atoms with Crippen LogP contribution in [0, 0.1) is 0 Å². The van der Waals surface area contributed by atoms with Gasteiger partial charge in [-0.3, -0.25) is 9.59 Å². The Balaban J connectivity index is 0.000000300. The smallest absolute Gasteiger partial charge is 0.322 e. The maximum Gasteiger partial charge on any atom is 0.322 e. The number of carboxylic acid groups (broad SMARTS) is 2. The molecule has 0 aliphatic heterocycles. The summed E-state index contributed by atoms with van der Waals surface area (Å²) in [5, 5.41) is 30.4. The minimum Gasteiger partial charge on any atom is -0.508 e. The normalized spacial score (nSPS) is 9.53. The molecule has 0 saturated carbocycles. The quantitative estimate of drug-likeness (QED) is 0.750. The summed E-state index contributed by atoms with van der Waals surface area (Å²) in [5.74, 6) is -4.71. The number of aromatic hydroxyl groups is 1. The molecule has 100 valence electrons. The van der Waals surface area contributed by atoms with E-state index in [2.05, 4.69) is 0 Å². The summed E-state index contributed by atoms with van der Waals surface area (Å²) in [7, 11) is 0. The third-order valence-corrected chi connectivity index (χ3v) is 2.75. The number of phenols is 1. The van der Waals surface area contributed by atoms with Crippen molar-refractivity contribution in [2.24, 2.45) is 0 Å². The minimum atomic E-state index is -1.64. The predicted octanol–water partition coefficient (Wildman–Crippen LogP) is 2.39. The summed E-state index contributed by atoms with van der Waals surface area (Å²) < 4.78 is 0. The molecule has 1 aromatic carbocycles. The number of carboxylic acids is 2. The first kappa shape index (κ1) is 14.7. The molecule has 1 heterocycles. The fraction of sp³-hybridized carbons (Fsp3) is 0.0769. The fourth-order valence-corrected chi connectivity index (χ4v) is 1.78. The lowest BCUT2D eigenvalue weighted by atomic mass is 9.99. The summed E-state index contributed by atoms with van der Waals surface area (Å²) in [4.78, 5) is 21.2. The lowest BCUT2D eigenvalue weighted by Gasteiger charge is -2.07. The van der Waals surface area contributed by atoms with E-state index in [1.165, 1.54) is 18.2 Å². The van der Waals surface area contributed by atoms with E-state index in [0.29, 0.717) is 0 Å². The summed E-state index contributed by atoms with van der Waals surface area (Å²) in [5.41, 5.74) is 0.0463. The number of benzene rings is 1. The van der Waals surface area contributed by atoms with Crippen LogP contribution in [-0.4, -0.2) is 27.3 Å². The van der Waals surface area contributed by atoms with E-state index in [1.807, 2.05) is 22.9 Å². The van der Waals surface area contributed by atoms with Crippen molar-refractivity contribution in [1.82, 2.24) is 0 Å². The summed E-state index contributed by atoms with van der Waals surface area (Å²) >= 11 is 1.71. The molecule has 0 atom stereocenters. The topological polar surface area (TPSA) is 94.8 Å². The van der Waals surface area contributed by atoms with Gasteiger partial charge in [-0.25, -0.2) is 0 Å². The second-order valence-corrected chi connectivity index (χ2v) is 4.31. The van der Waals surface area contributed by atoms with Crippen molar-refractivity contribution in [1.29, 1.82) is 0 Å². The van der Waals surface area contributed by atoms with Crippen LogP contribution in [0.2, 0.25) is 0 Å². The van der Waals surface area contributed by atoms with Gasteiger partial charge in [0.25, 0.3) is 0 Å². The van der Waals surface area contributed by atoms with E-state index < -0.39 is 17.9 Å². The lowest BCUT2D eigenvalue weighted by Crippen LogP contribution is -2.20. The molecule has 0 saturated heterocycles.